The first-order valence-electron chi connectivity index (χ1n) is 13.2. The highest BCUT2D eigenvalue weighted by Gasteiger charge is 2.35. The first-order chi connectivity index (χ1) is 18.9. The number of pyridine rings is 1. The van der Waals surface area contributed by atoms with Crippen LogP contribution in [0.1, 0.15) is 23.2 Å². The normalized spacial score (nSPS) is 20.5. The summed E-state index contributed by atoms with van der Waals surface area (Å²) in [6.07, 6.45) is 2.20. The molecule has 5 aromatic rings. The molecule has 5 N–H and O–H groups in total. The van der Waals surface area contributed by atoms with Crippen LogP contribution in [0.5, 0.6) is 0 Å². The van der Waals surface area contributed by atoms with Crippen LogP contribution >= 0.6 is 0 Å². The highest BCUT2D eigenvalue weighted by molar-refractivity contribution is 6.01. The summed E-state index contributed by atoms with van der Waals surface area (Å²) in [7, 11) is 0. The van der Waals surface area contributed by atoms with E-state index in [2.05, 4.69) is 20.2 Å². The zero-order chi connectivity index (χ0) is 26.7. The van der Waals surface area contributed by atoms with Crippen LogP contribution in [-0.2, 0) is 0 Å². The summed E-state index contributed by atoms with van der Waals surface area (Å²) < 4.78 is 15.4. The van der Waals surface area contributed by atoms with Gasteiger partial charge in [0.25, 0.3) is 5.56 Å². The molecule has 3 aliphatic rings. The van der Waals surface area contributed by atoms with Crippen LogP contribution in [0.3, 0.4) is 0 Å². The maximum absolute atomic E-state index is 15.4. The fourth-order valence-electron chi connectivity index (χ4n) is 6.11. The number of carbonyl (C=O) groups is 1. The van der Waals surface area contributed by atoms with Gasteiger partial charge in [-0.3, -0.25) is 9.59 Å². The van der Waals surface area contributed by atoms with Crippen molar-refractivity contribution in [3.8, 4) is 22.5 Å². The largest absolute Gasteiger partial charge is 0.379 e. The number of aromatic amines is 2. The lowest BCUT2D eigenvalue weighted by Gasteiger charge is -2.45. The molecule has 8 nitrogen and oxygen atoms in total. The first kappa shape index (κ1) is 23.6. The smallest absolute Gasteiger partial charge is 0.261 e. The Morgan fingerprint density at radius 1 is 1.03 bits per heavy atom. The van der Waals surface area contributed by atoms with Crippen molar-refractivity contribution in [1.82, 2.24) is 19.9 Å². The molecule has 3 aliphatic heterocycles. The Balaban J connectivity index is 1.44. The number of nitrogens with zero attached hydrogens (tertiary/aromatic N) is 2. The van der Waals surface area contributed by atoms with Crippen LogP contribution in [0.25, 0.3) is 44.5 Å². The van der Waals surface area contributed by atoms with E-state index in [1.807, 2.05) is 24.3 Å². The maximum atomic E-state index is 15.4. The molecule has 3 fully saturated rings. The molecule has 3 aromatic carbocycles. The number of halogens is 1. The number of aromatic nitrogens is 3. The number of primary amides is 1. The molecule has 5 heterocycles. The molecule has 1 atom stereocenters. The van der Waals surface area contributed by atoms with Crippen LogP contribution < -0.4 is 16.6 Å². The van der Waals surface area contributed by atoms with Crippen LogP contribution in [0, 0.1) is 11.7 Å². The van der Waals surface area contributed by atoms with Crippen molar-refractivity contribution in [2.24, 2.45) is 11.7 Å². The summed E-state index contributed by atoms with van der Waals surface area (Å²) in [5, 5.41) is 4.42. The molecule has 1 amide bonds. The standard InChI is InChI=1S/C30H27FN6O2/c31-21-14-24-20(13-19(21)16-5-7-18(8-6-16)28(32)38)27(33-25-15-37-11-9-17(25)10-12-37)26(30(39)36-24)29-34-22-3-1-2-4-23(22)35-29/h1-8,13-14,17,25H,9-12,15H2,(H2,32,38)(H,34,35)(H2,33,36,39)/t25-/m0/s1. The third-order valence-electron chi connectivity index (χ3n) is 8.19. The van der Waals surface area contributed by atoms with Crippen molar-refractivity contribution in [3.05, 3.63) is 82.4 Å². The quantitative estimate of drug-likeness (QED) is 0.271. The molecule has 9 heteroatoms. The van der Waals surface area contributed by atoms with E-state index in [0.717, 1.165) is 43.5 Å². The predicted molar refractivity (Wildman–Crippen MR) is 150 cm³/mol. The van der Waals surface area contributed by atoms with Crippen LogP contribution in [0.15, 0.2) is 65.5 Å². The lowest BCUT2D eigenvalue weighted by Crippen LogP contribution is -2.53. The molecule has 0 spiro atoms. The average Bonchev–Trinajstić information content (AvgIpc) is 3.37. The molecule has 0 aliphatic carbocycles. The van der Waals surface area contributed by atoms with E-state index in [9.17, 15) is 9.59 Å². The van der Waals surface area contributed by atoms with Gasteiger partial charge in [0.2, 0.25) is 5.91 Å². The molecule has 39 heavy (non-hydrogen) atoms. The topological polar surface area (TPSA) is 120 Å². The van der Waals surface area contributed by atoms with Crippen LogP contribution in [0.2, 0.25) is 0 Å². The molecule has 8 rings (SSSR count). The number of nitrogens with two attached hydrogens (primary N) is 1. The van der Waals surface area contributed by atoms with Gasteiger partial charge in [-0.25, -0.2) is 9.37 Å². The molecule has 2 bridgehead atoms. The van der Waals surface area contributed by atoms with Gasteiger partial charge in [-0.1, -0.05) is 24.3 Å². The summed E-state index contributed by atoms with van der Waals surface area (Å²) >= 11 is 0. The number of hydrogen-bond acceptors (Lipinski definition) is 5. The number of nitrogens with one attached hydrogen (secondary N) is 3. The Morgan fingerprint density at radius 3 is 2.49 bits per heavy atom. The number of para-hydroxylation sites is 2. The number of fused-ring (bicyclic) bond motifs is 5. The number of imidazole rings is 1. The molecule has 2 aromatic heterocycles. The van der Waals surface area contributed by atoms with E-state index in [1.165, 1.54) is 6.07 Å². The SMILES string of the molecule is NC(=O)c1ccc(-c2cc3c(N[C@H]4CN5CCC4CC5)c(-c4nc5ccccc5[nH]4)c(=O)[nH]c3cc2F)cc1. The van der Waals surface area contributed by atoms with Crippen LogP contribution in [0.4, 0.5) is 10.1 Å². The van der Waals surface area contributed by atoms with Gasteiger partial charge in [-0.05, 0) is 73.8 Å². The van der Waals surface area contributed by atoms with Crippen molar-refractivity contribution in [3.63, 3.8) is 0 Å². The fraction of sp³-hybridized carbons (Fsp3) is 0.233. The molecule has 3 saturated heterocycles. The van der Waals surface area contributed by atoms with Crippen molar-refractivity contribution in [1.29, 1.82) is 0 Å². The number of rotatable bonds is 5. The van der Waals surface area contributed by atoms with Gasteiger partial charge in [-0.15, -0.1) is 0 Å². The second kappa shape index (κ2) is 9.06. The number of piperidine rings is 3. The monoisotopic (exact) mass is 522 g/mol. The summed E-state index contributed by atoms with van der Waals surface area (Å²) in [5.41, 5.74) is 9.38. The van der Waals surface area contributed by atoms with E-state index in [0.29, 0.717) is 50.6 Å². The molecule has 0 unspecified atom stereocenters. The Labute approximate surface area is 223 Å². The van der Waals surface area contributed by atoms with Gasteiger partial charge in [0.05, 0.1) is 22.2 Å². The zero-order valence-corrected chi connectivity index (χ0v) is 21.1. The summed E-state index contributed by atoms with van der Waals surface area (Å²) in [4.78, 5) is 38.5. The first-order valence-corrected chi connectivity index (χ1v) is 13.2. The van der Waals surface area contributed by atoms with E-state index in [-0.39, 0.29) is 11.6 Å². The highest BCUT2D eigenvalue weighted by atomic mass is 19.1. The van der Waals surface area contributed by atoms with Gasteiger partial charge >= 0.3 is 0 Å². The second-order valence-electron chi connectivity index (χ2n) is 10.5. The molecule has 0 saturated carbocycles. The Bertz CT molecular complexity index is 1770. The lowest BCUT2D eigenvalue weighted by molar-refractivity contribution is 0.0976. The highest BCUT2D eigenvalue weighted by Crippen LogP contribution is 2.38. The summed E-state index contributed by atoms with van der Waals surface area (Å²) in [6.45, 7) is 3.07. The van der Waals surface area contributed by atoms with Crippen molar-refractivity contribution in [2.45, 2.75) is 18.9 Å². The van der Waals surface area contributed by atoms with Gasteiger partial charge < -0.3 is 25.9 Å². The fourth-order valence-corrected chi connectivity index (χ4v) is 6.11. The van der Waals surface area contributed by atoms with Gasteiger partial charge in [0, 0.05) is 29.1 Å². The predicted octanol–water partition coefficient (Wildman–Crippen LogP) is 4.48. The number of anilines is 1. The van der Waals surface area contributed by atoms with E-state index < -0.39 is 11.7 Å². The van der Waals surface area contributed by atoms with Crippen LogP contribution in [-0.4, -0.2) is 51.4 Å². The molecule has 196 valence electrons. The van der Waals surface area contributed by atoms with E-state index >= 15 is 4.39 Å². The second-order valence-corrected chi connectivity index (χ2v) is 10.5. The summed E-state index contributed by atoms with van der Waals surface area (Å²) in [6, 6.07) is 17.4. The van der Waals surface area contributed by atoms with E-state index in [4.69, 9.17) is 10.7 Å². The number of benzene rings is 3. The Hall–Kier alpha value is -4.50. The average molecular weight is 523 g/mol. The number of H-pyrrole nitrogens is 2. The Morgan fingerprint density at radius 2 is 1.79 bits per heavy atom. The number of carbonyl (C=O) groups excluding carboxylic acids is 1. The van der Waals surface area contributed by atoms with E-state index in [1.54, 1.807) is 30.3 Å². The number of amides is 1. The number of hydrogen-bond donors (Lipinski definition) is 4. The van der Waals surface area contributed by atoms with Crippen molar-refractivity contribution in [2.75, 3.05) is 25.0 Å². The van der Waals surface area contributed by atoms with Crippen molar-refractivity contribution >= 4 is 33.5 Å². The minimum absolute atomic E-state index is 0.156. The molecular weight excluding hydrogens is 495 g/mol. The third kappa shape index (κ3) is 4.06. The zero-order valence-electron chi connectivity index (χ0n) is 21.1. The minimum Gasteiger partial charge on any atom is -0.379 e. The maximum Gasteiger partial charge on any atom is 0.261 e. The van der Waals surface area contributed by atoms with Gasteiger partial charge in [-0.2, -0.15) is 0 Å². The minimum atomic E-state index is -0.544. The third-order valence-corrected chi connectivity index (χ3v) is 8.19. The van der Waals surface area contributed by atoms with Gasteiger partial charge in [0.15, 0.2) is 0 Å². The lowest BCUT2D eigenvalue weighted by atomic mass is 9.83. The Kier molecular flexibility index (Phi) is 5.48. The summed E-state index contributed by atoms with van der Waals surface area (Å²) in [5.74, 6) is -0.0678. The van der Waals surface area contributed by atoms with Gasteiger partial charge in [0.1, 0.15) is 17.2 Å². The molecular formula is C30H27FN6O2. The molecule has 0 radical (unpaired) electrons. The van der Waals surface area contributed by atoms with Crippen molar-refractivity contribution < 1.29 is 9.18 Å².